The molecular formula is C16H24N2O. The molecule has 1 heterocycles. The Bertz CT molecular complexity index is 442. The van der Waals surface area contributed by atoms with Crippen LogP contribution in [0.2, 0.25) is 0 Å². The van der Waals surface area contributed by atoms with Crippen LogP contribution < -0.4 is 10.2 Å². The van der Waals surface area contributed by atoms with E-state index in [2.05, 4.69) is 42.3 Å². The van der Waals surface area contributed by atoms with Crippen LogP contribution >= 0.6 is 0 Å². The minimum Gasteiger partial charge on any atom is -0.375 e. The average Bonchev–Trinajstić information content (AvgIpc) is 3.21. The average molecular weight is 260 g/mol. The van der Waals surface area contributed by atoms with Gasteiger partial charge < -0.3 is 15.0 Å². The number of aryl methyl sites for hydroxylation is 1. The van der Waals surface area contributed by atoms with E-state index in [1.54, 1.807) is 0 Å². The lowest BCUT2D eigenvalue weighted by Gasteiger charge is -2.33. The summed E-state index contributed by atoms with van der Waals surface area (Å²) in [6.07, 6.45) is 3.04. The van der Waals surface area contributed by atoms with Crippen LogP contribution in [0.15, 0.2) is 18.2 Å². The highest BCUT2D eigenvalue weighted by molar-refractivity contribution is 5.51. The van der Waals surface area contributed by atoms with E-state index >= 15 is 0 Å². The Labute approximate surface area is 115 Å². The number of ether oxygens (including phenoxy) is 1. The van der Waals surface area contributed by atoms with Gasteiger partial charge in [0.15, 0.2) is 0 Å². The summed E-state index contributed by atoms with van der Waals surface area (Å²) < 4.78 is 5.60. The number of anilines is 1. The number of rotatable bonds is 4. The number of hydrogen-bond acceptors (Lipinski definition) is 3. The van der Waals surface area contributed by atoms with Crippen LogP contribution in [-0.2, 0) is 11.3 Å². The summed E-state index contributed by atoms with van der Waals surface area (Å²) in [7, 11) is 0. The molecule has 1 aliphatic heterocycles. The molecule has 1 N–H and O–H groups in total. The number of benzene rings is 1. The molecule has 104 valence electrons. The fourth-order valence-corrected chi connectivity index (χ4v) is 2.67. The topological polar surface area (TPSA) is 24.5 Å². The number of nitrogens with zero attached hydrogens (tertiary/aromatic N) is 1. The van der Waals surface area contributed by atoms with Crippen molar-refractivity contribution in [1.82, 2.24) is 5.32 Å². The van der Waals surface area contributed by atoms with Gasteiger partial charge in [-0.05, 0) is 49.9 Å². The van der Waals surface area contributed by atoms with Gasteiger partial charge in [0.1, 0.15) is 0 Å². The number of hydrogen-bond donors (Lipinski definition) is 1. The molecule has 3 rings (SSSR count). The molecule has 1 saturated heterocycles. The largest absolute Gasteiger partial charge is 0.375 e. The highest BCUT2D eigenvalue weighted by Crippen LogP contribution is 2.23. The molecule has 2 fully saturated rings. The van der Waals surface area contributed by atoms with Gasteiger partial charge in [-0.25, -0.2) is 0 Å². The predicted octanol–water partition coefficient (Wildman–Crippen LogP) is 2.47. The van der Waals surface area contributed by atoms with E-state index in [1.807, 2.05) is 0 Å². The van der Waals surface area contributed by atoms with E-state index in [0.717, 1.165) is 32.3 Å². The quantitative estimate of drug-likeness (QED) is 0.900. The van der Waals surface area contributed by atoms with Gasteiger partial charge in [0.2, 0.25) is 0 Å². The smallest absolute Gasteiger partial charge is 0.0722 e. The third kappa shape index (κ3) is 3.28. The van der Waals surface area contributed by atoms with Crippen molar-refractivity contribution in [3.8, 4) is 0 Å². The van der Waals surface area contributed by atoms with Gasteiger partial charge in [-0.15, -0.1) is 0 Å². The normalized spacial score (nSPS) is 23.7. The Hall–Kier alpha value is -1.06. The fraction of sp³-hybridized carbons (Fsp3) is 0.625. The van der Waals surface area contributed by atoms with Crippen molar-refractivity contribution in [2.24, 2.45) is 0 Å². The lowest BCUT2D eigenvalue weighted by molar-refractivity contribution is 0.0532. The molecule has 0 aromatic heterocycles. The van der Waals surface area contributed by atoms with Crippen molar-refractivity contribution in [3.05, 3.63) is 29.3 Å². The van der Waals surface area contributed by atoms with E-state index in [4.69, 9.17) is 4.74 Å². The summed E-state index contributed by atoms with van der Waals surface area (Å²) >= 11 is 0. The van der Waals surface area contributed by atoms with Gasteiger partial charge in [0.05, 0.1) is 12.7 Å². The van der Waals surface area contributed by atoms with Crippen LogP contribution in [0.5, 0.6) is 0 Å². The SMILES string of the molecule is Cc1cc(N2CCOC(C)C2)ccc1CNC1CC1. The maximum Gasteiger partial charge on any atom is 0.0722 e. The summed E-state index contributed by atoms with van der Waals surface area (Å²) in [5, 5.41) is 3.59. The molecule has 2 aliphatic rings. The van der Waals surface area contributed by atoms with E-state index in [1.165, 1.54) is 29.7 Å². The fourth-order valence-electron chi connectivity index (χ4n) is 2.67. The van der Waals surface area contributed by atoms with Crippen molar-refractivity contribution >= 4 is 5.69 Å². The molecule has 1 saturated carbocycles. The Morgan fingerprint density at radius 1 is 1.37 bits per heavy atom. The minimum absolute atomic E-state index is 0.338. The van der Waals surface area contributed by atoms with E-state index < -0.39 is 0 Å². The monoisotopic (exact) mass is 260 g/mol. The minimum atomic E-state index is 0.338. The summed E-state index contributed by atoms with van der Waals surface area (Å²) in [4.78, 5) is 2.43. The first kappa shape index (κ1) is 12.9. The van der Waals surface area contributed by atoms with Crippen molar-refractivity contribution in [1.29, 1.82) is 0 Å². The molecule has 0 spiro atoms. The van der Waals surface area contributed by atoms with Gasteiger partial charge in [-0.1, -0.05) is 6.07 Å². The number of nitrogens with one attached hydrogen (secondary N) is 1. The van der Waals surface area contributed by atoms with Gasteiger partial charge in [0.25, 0.3) is 0 Å². The molecule has 19 heavy (non-hydrogen) atoms. The first-order chi connectivity index (χ1) is 9.22. The first-order valence-electron chi connectivity index (χ1n) is 7.42. The molecule has 1 atom stereocenters. The highest BCUT2D eigenvalue weighted by atomic mass is 16.5. The molecule has 1 unspecified atom stereocenters. The maximum atomic E-state index is 5.60. The van der Waals surface area contributed by atoms with Gasteiger partial charge in [-0.2, -0.15) is 0 Å². The van der Waals surface area contributed by atoms with Crippen LogP contribution in [0.25, 0.3) is 0 Å². The summed E-state index contributed by atoms with van der Waals surface area (Å²) in [6, 6.07) is 7.64. The van der Waals surface area contributed by atoms with E-state index in [-0.39, 0.29) is 0 Å². The molecule has 0 radical (unpaired) electrons. The molecular weight excluding hydrogens is 236 g/mol. The molecule has 3 nitrogen and oxygen atoms in total. The Morgan fingerprint density at radius 2 is 2.21 bits per heavy atom. The second-order valence-electron chi connectivity index (χ2n) is 5.89. The second-order valence-corrected chi connectivity index (χ2v) is 5.89. The zero-order chi connectivity index (χ0) is 13.2. The zero-order valence-corrected chi connectivity index (χ0v) is 12.0. The second kappa shape index (κ2) is 5.51. The van der Waals surface area contributed by atoms with Crippen LogP contribution in [0.4, 0.5) is 5.69 Å². The van der Waals surface area contributed by atoms with Crippen LogP contribution in [-0.4, -0.2) is 31.8 Å². The molecule has 0 bridgehead atoms. The Kier molecular flexibility index (Phi) is 3.76. The molecule has 0 amide bonds. The third-order valence-electron chi connectivity index (χ3n) is 4.09. The first-order valence-corrected chi connectivity index (χ1v) is 7.42. The van der Waals surface area contributed by atoms with Crippen molar-refractivity contribution in [2.75, 3.05) is 24.6 Å². The lowest BCUT2D eigenvalue weighted by atomic mass is 10.1. The number of morpholine rings is 1. The Balaban J connectivity index is 1.67. The summed E-state index contributed by atoms with van der Waals surface area (Å²) in [6.45, 7) is 8.22. The van der Waals surface area contributed by atoms with Crippen molar-refractivity contribution in [2.45, 2.75) is 45.4 Å². The molecule has 1 aliphatic carbocycles. The molecule has 1 aromatic carbocycles. The van der Waals surface area contributed by atoms with E-state index in [9.17, 15) is 0 Å². The van der Waals surface area contributed by atoms with E-state index in [0.29, 0.717) is 6.10 Å². The standard InChI is InChI=1S/C16H24N2O/c1-12-9-16(18-7-8-19-13(2)11-18)6-3-14(12)10-17-15-4-5-15/h3,6,9,13,15,17H,4-5,7-8,10-11H2,1-2H3. The van der Waals surface area contributed by atoms with Crippen LogP contribution in [0.1, 0.15) is 30.9 Å². The van der Waals surface area contributed by atoms with Crippen LogP contribution in [0.3, 0.4) is 0 Å². The highest BCUT2D eigenvalue weighted by Gasteiger charge is 2.21. The van der Waals surface area contributed by atoms with Gasteiger partial charge in [0, 0.05) is 31.4 Å². The van der Waals surface area contributed by atoms with Gasteiger partial charge >= 0.3 is 0 Å². The maximum absolute atomic E-state index is 5.60. The lowest BCUT2D eigenvalue weighted by Crippen LogP contribution is -2.41. The summed E-state index contributed by atoms with van der Waals surface area (Å²) in [5.41, 5.74) is 4.16. The molecule has 1 aromatic rings. The van der Waals surface area contributed by atoms with Gasteiger partial charge in [-0.3, -0.25) is 0 Å². The third-order valence-corrected chi connectivity index (χ3v) is 4.09. The van der Waals surface area contributed by atoms with Crippen LogP contribution in [0, 0.1) is 6.92 Å². The predicted molar refractivity (Wildman–Crippen MR) is 78.7 cm³/mol. The zero-order valence-electron chi connectivity index (χ0n) is 12.0. The Morgan fingerprint density at radius 3 is 2.89 bits per heavy atom. The summed E-state index contributed by atoms with van der Waals surface area (Å²) in [5.74, 6) is 0. The van der Waals surface area contributed by atoms with Crippen molar-refractivity contribution in [3.63, 3.8) is 0 Å². The molecule has 3 heteroatoms. The van der Waals surface area contributed by atoms with Crippen molar-refractivity contribution < 1.29 is 4.74 Å².